The molecular weight excluding hydrogens is 436 g/mol. The number of amides is 2. The topological polar surface area (TPSA) is 130 Å². The minimum absolute atomic E-state index is 0.00914. The highest BCUT2D eigenvalue weighted by molar-refractivity contribution is 8.01. The summed E-state index contributed by atoms with van der Waals surface area (Å²) in [7, 11) is 1.70. The van der Waals surface area contributed by atoms with Crippen molar-refractivity contribution in [3.8, 4) is 0 Å². The molecule has 2 N–H and O–H groups in total. The highest BCUT2D eigenvalue weighted by Gasteiger charge is 2.54. The maximum Gasteiger partial charge on any atom is 0.352 e. The number of hydrogen-bond donors (Lipinski definition) is 2. The standard InChI is InChI=1S/C16H16N6O4S3/c1-21-16(18-19-20-21)29-7-8-6-28-14-11(13(24)22(14)12(8)15(25)26)17-10(23)5-9-3-2-4-27-9/h2-4,11,14H,5-7H2,1H3,(H,17,23)(H,25,26)/t11-,14+/m1/s1. The second-order valence-corrected chi connectivity index (χ2v) is 9.42. The average Bonchev–Trinajstić information content (AvgIpc) is 3.35. The quantitative estimate of drug-likeness (QED) is 0.451. The van der Waals surface area contributed by atoms with Crippen molar-refractivity contribution in [2.75, 3.05) is 11.5 Å². The zero-order chi connectivity index (χ0) is 20.5. The van der Waals surface area contributed by atoms with Gasteiger partial charge in [-0.15, -0.1) is 28.2 Å². The van der Waals surface area contributed by atoms with Crippen LogP contribution in [0.3, 0.4) is 0 Å². The fraction of sp³-hybridized carbons (Fsp3) is 0.375. The van der Waals surface area contributed by atoms with E-state index < -0.39 is 23.3 Å². The number of aliphatic carboxylic acids is 1. The van der Waals surface area contributed by atoms with Gasteiger partial charge in [0.2, 0.25) is 11.1 Å². The molecule has 0 bridgehead atoms. The van der Waals surface area contributed by atoms with Gasteiger partial charge in [0.15, 0.2) is 0 Å². The first-order chi connectivity index (χ1) is 14.0. The van der Waals surface area contributed by atoms with E-state index in [2.05, 4.69) is 20.8 Å². The lowest BCUT2D eigenvalue weighted by Gasteiger charge is -2.49. The number of carboxylic acid groups (broad SMARTS) is 1. The van der Waals surface area contributed by atoms with Crippen LogP contribution in [0.15, 0.2) is 33.9 Å². The fourth-order valence-corrected chi connectivity index (χ4v) is 6.12. The third-order valence-electron chi connectivity index (χ3n) is 4.44. The maximum atomic E-state index is 12.6. The molecule has 2 amide bonds. The SMILES string of the molecule is Cn1nnnc1SCC1=C(C(=O)O)N2C(=O)[C@@H](NC(=O)Cc3cccs3)[C@@H]2SC1. The summed E-state index contributed by atoms with van der Waals surface area (Å²) in [5.41, 5.74) is 0.619. The Bertz CT molecular complexity index is 989. The number of fused-ring (bicyclic) bond motifs is 1. The highest BCUT2D eigenvalue weighted by atomic mass is 32.2. The first-order valence-electron chi connectivity index (χ1n) is 8.52. The van der Waals surface area contributed by atoms with E-state index >= 15 is 0 Å². The predicted octanol–water partition coefficient (Wildman–Crippen LogP) is 0.345. The molecule has 13 heteroatoms. The molecule has 10 nitrogen and oxygen atoms in total. The molecule has 2 atom stereocenters. The Hall–Kier alpha value is -2.38. The summed E-state index contributed by atoms with van der Waals surface area (Å²) >= 11 is 4.23. The molecule has 0 unspecified atom stereocenters. The van der Waals surface area contributed by atoms with Crippen LogP contribution in [0.2, 0.25) is 0 Å². The maximum absolute atomic E-state index is 12.6. The van der Waals surface area contributed by atoms with Crippen molar-refractivity contribution in [2.45, 2.75) is 23.0 Å². The second kappa shape index (κ2) is 8.16. The molecule has 0 aliphatic carbocycles. The number of thioether (sulfide) groups is 2. The molecule has 0 radical (unpaired) electrons. The number of carbonyl (C=O) groups is 3. The van der Waals surface area contributed by atoms with Gasteiger partial charge in [0, 0.05) is 23.4 Å². The van der Waals surface area contributed by atoms with Gasteiger partial charge in [-0.25, -0.2) is 9.48 Å². The molecule has 29 heavy (non-hydrogen) atoms. The Balaban J connectivity index is 1.45. The molecule has 2 aromatic heterocycles. The van der Waals surface area contributed by atoms with Crippen LogP contribution in [0.4, 0.5) is 0 Å². The first-order valence-corrected chi connectivity index (χ1v) is 11.4. The summed E-state index contributed by atoms with van der Waals surface area (Å²) in [6, 6.07) is 3.01. The molecule has 0 spiro atoms. The number of aromatic nitrogens is 4. The molecular formula is C16H16N6O4S3. The molecule has 2 aromatic rings. The van der Waals surface area contributed by atoms with Crippen molar-refractivity contribution in [1.29, 1.82) is 0 Å². The number of carboxylic acids is 1. The van der Waals surface area contributed by atoms with E-state index in [1.54, 1.807) is 7.05 Å². The van der Waals surface area contributed by atoms with Crippen LogP contribution >= 0.6 is 34.9 Å². The number of aryl methyl sites for hydroxylation is 1. The predicted molar refractivity (Wildman–Crippen MR) is 107 cm³/mol. The molecule has 4 heterocycles. The van der Waals surface area contributed by atoms with Gasteiger partial charge in [-0.2, -0.15) is 0 Å². The van der Waals surface area contributed by atoms with Crippen molar-refractivity contribution in [3.63, 3.8) is 0 Å². The van der Waals surface area contributed by atoms with Crippen LogP contribution in [-0.4, -0.2) is 70.9 Å². The number of nitrogens with one attached hydrogen (secondary N) is 1. The molecule has 152 valence electrons. The Morgan fingerprint density at radius 2 is 2.28 bits per heavy atom. The average molecular weight is 453 g/mol. The van der Waals surface area contributed by atoms with E-state index in [1.165, 1.54) is 44.4 Å². The van der Waals surface area contributed by atoms with Crippen molar-refractivity contribution in [2.24, 2.45) is 7.05 Å². The molecule has 2 aliphatic heterocycles. The Labute approximate surface area is 177 Å². The zero-order valence-electron chi connectivity index (χ0n) is 15.1. The van der Waals surface area contributed by atoms with E-state index in [0.717, 1.165) is 4.88 Å². The van der Waals surface area contributed by atoms with Crippen molar-refractivity contribution >= 4 is 52.6 Å². The van der Waals surface area contributed by atoms with Crippen LogP contribution in [0.5, 0.6) is 0 Å². The Morgan fingerprint density at radius 1 is 1.45 bits per heavy atom. The lowest BCUT2D eigenvalue weighted by Crippen LogP contribution is -2.70. The van der Waals surface area contributed by atoms with Gasteiger partial charge in [-0.05, 0) is 27.4 Å². The third kappa shape index (κ3) is 3.89. The monoisotopic (exact) mass is 452 g/mol. The zero-order valence-corrected chi connectivity index (χ0v) is 17.6. The van der Waals surface area contributed by atoms with Gasteiger partial charge >= 0.3 is 5.97 Å². The lowest BCUT2D eigenvalue weighted by molar-refractivity contribution is -0.150. The number of carbonyl (C=O) groups excluding carboxylic acids is 2. The Morgan fingerprint density at radius 3 is 2.93 bits per heavy atom. The van der Waals surface area contributed by atoms with Crippen LogP contribution in [0.1, 0.15) is 4.88 Å². The minimum Gasteiger partial charge on any atom is -0.477 e. The summed E-state index contributed by atoms with van der Waals surface area (Å²) in [6.45, 7) is 0. The van der Waals surface area contributed by atoms with E-state index in [0.29, 0.717) is 22.2 Å². The van der Waals surface area contributed by atoms with E-state index in [-0.39, 0.29) is 18.0 Å². The van der Waals surface area contributed by atoms with Crippen LogP contribution < -0.4 is 5.32 Å². The van der Waals surface area contributed by atoms with Gasteiger partial charge in [0.25, 0.3) is 5.91 Å². The van der Waals surface area contributed by atoms with E-state index in [4.69, 9.17) is 0 Å². The minimum atomic E-state index is -1.15. The van der Waals surface area contributed by atoms with Crippen molar-refractivity contribution in [1.82, 2.24) is 30.4 Å². The lowest BCUT2D eigenvalue weighted by atomic mass is 10.0. The number of β-lactam (4-membered cyclic amide) rings is 1. The van der Waals surface area contributed by atoms with Gasteiger partial charge in [0.05, 0.1) is 6.42 Å². The third-order valence-corrected chi connectivity index (χ3v) is 7.75. The number of hydrogen-bond acceptors (Lipinski definition) is 9. The van der Waals surface area contributed by atoms with Crippen LogP contribution in [0.25, 0.3) is 0 Å². The molecule has 4 rings (SSSR count). The van der Waals surface area contributed by atoms with Crippen molar-refractivity contribution in [3.05, 3.63) is 33.7 Å². The normalized spacial score (nSPS) is 21.0. The summed E-state index contributed by atoms with van der Waals surface area (Å²) < 4.78 is 1.50. The van der Waals surface area contributed by atoms with Gasteiger partial charge in [0.1, 0.15) is 17.1 Å². The first kappa shape index (κ1) is 19.9. The van der Waals surface area contributed by atoms with Crippen LogP contribution in [-0.2, 0) is 27.9 Å². The van der Waals surface area contributed by atoms with Crippen LogP contribution in [0, 0.1) is 0 Å². The highest BCUT2D eigenvalue weighted by Crippen LogP contribution is 2.41. The molecule has 2 aliphatic rings. The summed E-state index contributed by atoms with van der Waals surface area (Å²) in [4.78, 5) is 38.9. The van der Waals surface area contributed by atoms with Gasteiger partial charge < -0.3 is 10.4 Å². The van der Waals surface area contributed by atoms with Crippen molar-refractivity contribution < 1.29 is 19.5 Å². The molecule has 1 saturated heterocycles. The number of thiophene rings is 1. The fourth-order valence-electron chi connectivity index (χ4n) is 3.09. The summed E-state index contributed by atoms with van der Waals surface area (Å²) in [6.07, 6.45) is 0.202. The molecule has 0 aromatic carbocycles. The number of tetrazole rings is 1. The smallest absolute Gasteiger partial charge is 0.352 e. The van der Waals surface area contributed by atoms with E-state index in [1.807, 2.05) is 17.5 Å². The second-order valence-electron chi connectivity index (χ2n) is 6.34. The number of rotatable bonds is 7. The van der Waals surface area contributed by atoms with Gasteiger partial charge in [-0.1, -0.05) is 17.8 Å². The largest absolute Gasteiger partial charge is 0.477 e. The summed E-state index contributed by atoms with van der Waals surface area (Å²) in [5, 5.41) is 25.6. The molecule has 0 saturated carbocycles. The van der Waals surface area contributed by atoms with E-state index in [9.17, 15) is 19.5 Å². The van der Waals surface area contributed by atoms with Gasteiger partial charge in [-0.3, -0.25) is 14.5 Å². The molecule has 1 fully saturated rings. The Kier molecular flexibility index (Phi) is 5.61. The number of nitrogens with zero attached hydrogens (tertiary/aromatic N) is 5. The summed E-state index contributed by atoms with van der Waals surface area (Å²) in [5.74, 6) is -0.996.